The minimum atomic E-state index is -0.130. The lowest BCUT2D eigenvalue weighted by molar-refractivity contribution is 0.0733. The molecule has 0 saturated heterocycles. The van der Waals surface area contributed by atoms with Gasteiger partial charge in [-0.2, -0.15) is 11.3 Å². The number of amides is 1. The minimum Gasteiger partial charge on any atom is -0.461 e. The highest BCUT2D eigenvalue weighted by Crippen LogP contribution is 2.21. The maximum Gasteiger partial charge on any atom is 0.276 e. The SMILES string of the molecule is CCCN(Cc1ccsc1)C(=O)c1cc(-c2ccco2)on1. The summed E-state index contributed by atoms with van der Waals surface area (Å²) in [5.74, 6) is 0.890. The third kappa shape index (κ3) is 3.12. The summed E-state index contributed by atoms with van der Waals surface area (Å²) in [6, 6.07) is 7.18. The molecule has 0 aromatic carbocycles. The van der Waals surface area contributed by atoms with E-state index in [9.17, 15) is 4.79 Å². The van der Waals surface area contributed by atoms with Crippen molar-refractivity contribution in [2.75, 3.05) is 6.54 Å². The van der Waals surface area contributed by atoms with Crippen molar-refractivity contribution in [1.82, 2.24) is 10.1 Å². The van der Waals surface area contributed by atoms with Gasteiger partial charge in [-0.05, 0) is 40.9 Å². The molecule has 0 unspecified atom stereocenters. The van der Waals surface area contributed by atoms with E-state index in [4.69, 9.17) is 8.94 Å². The third-order valence-corrected chi connectivity index (χ3v) is 3.96. The fourth-order valence-corrected chi connectivity index (χ4v) is 2.86. The second kappa shape index (κ2) is 6.62. The first kappa shape index (κ1) is 14.6. The van der Waals surface area contributed by atoms with Crippen molar-refractivity contribution in [3.63, 3.8) is 0 Å². The maximum atomic E-state index is 12.6. The van der Waals surface area contributed by atoms with Crippen molar-refractivity contribution in [2.45, 2.75) is 19.9 Å². The first-order valence-corrected chi connectivity index (χ1v) is 8.03. The van der Waals surface area contributed by atoms with Crippen LogP contribution in [-0.4, -0.2) is 22.5 Å². The predicted octanol–water partition coefficient (Wildman–Crippen LogP) is 4.05. The molecule has 5 nitrogen and oxygen atoms in total. The van der Waals surface area contributed by atoms with Gasteiger partial charge in [-0.15, -0.1) is 0 Å². The van der Waals surface area contributed by atoms with Gasteiger partial charge in [0.1, 0.15) is 0 Å². The molecule has 0 aliphatic carbocycles. The van der Waals surface area contributed by atoms with Crippen molar-refractivity contribution in [1.29, 1.82) is 0 Å². The van der Waals surface area contributed by atoms with Gasteiger partial charge in [-0.1, -0.05) is 12.1 Å². The highest BCUT2D eigenvalue weighted by Gasteiger charge is 2.21. The van der Waals surface area contributed by atoms with Gasteiger partial charge in [0.15, 0.2) is 11.5 Å². The summed E-state index contributed by atoms with van der Waals surface area (Å²) in [7, 11) is 0. The number of nitrogens with zero attached hydrogens (tertiary/aromatic N) is 2. The molecule has 0 radical (unpaired) electrons. The molecule has 3 aromatic heterocycles. The number of aromatic nitrogens is 1. The van der Waals surface area contributed by atoms with E-state index in [0.717, 1.165) is 12.0 Å². The lowest BCUT2D eigenvalue weighted by atomic mass is 10.2. The predicted molar refractivity (Wildman–Crippen MR) is 83.6 cm³/mol. The van der Waals surface area contributed by atoms with Crippen LogP contribution in [0.3, 0.4) is 0 Å². The summed E-state index contributed by atoms with van der Waals surface area (Å²) >= 11 is 1.63. The van der Waals surface area contributed by atoms with Gasteiger partial charge in [0.2, 0.25) is 5.76 Å². The molecule has 114 valence electrons. The maximum absolute atomic E-state index is 12.6. The van der Waals surface area contributed by atoms with Gasteiger partial charge in [-0.25, -0.2) is 0 Å². The molecule has 0 aliphatic rings. The van der Waals surface area contributed by atoms with Crippen LogP contribution in [0.5, 0.6) is 0 Å². The van der Waals surface area contributed by atoms with Crippen LogP contribution in [0, 0.1) is 0 Å². The molecule has 0 saturated carbocycles. The number of thiophene rings is 1. The summed E-state index contributed by atoms with van der Waals surface area (Å²) in [6.07, 6.45) is 2.44. The van der Waals surface area contributed by atoms with Crippen molar-refractivity contribution in [3.05, 3.63) is 52.5 Å². The molecular formula is C16H16N2O3S. The van der Waals surface area contributed by atoms with E-state index in [-0.39, 0.29) is 5.91 Å². The summed E-state index contributed by atoms with van der Waals surface area (Å²) < 4.78 is 10.5. The molecule has 0 fully saturated rings. The number of furan rings is 1. The second-order valence-corrected chi connectivity index (χ2v) is 5.69. The molecule has 0 aliphatic heterocycles. The number of carbonyl (C=O) groups is 1. The zero-order valence-electron chi connectivity index (χ0n) is 12.2. The zero-order valence-corrected chi connectivity index (χ0v) is 13.0. The molecule has 0 N–H and O–H groups in total. The minimum absolute atomic E-state index is 0.130. The molecule has 1 amide bonds. The largest absolute Gasteiger partial charge is 0.461 e. The van der Waals surface area contributed by atoms with Gasteiger partial charge < -0.3 is 13.8 Å². The Hall–Kier alpha value is -2.34. The molecule has 3 aromatic rings. The van der Waals surface area contributed by atoms with E-state index in [1.165, 1.54) is 0 Å². The van der Waals surface area contributed by atoms with Crippen molar-refractivity contribution in [2.24, 2.45) is 0 Å². The van der Waals surface area contributed by atoms with E-state index in [2.05, 4.69) is 5.16 Å². The van der Waals surface area contributed by atoms with E-state index < -0.39 is 0 Å². The third-order valence-electron chi connectivity index (χ3n) is 3.23. The lowest BCUT2D eigenvalue weighted by Crippen LogP contribution is -2.31. The monoisotopic (exact) mass is 316 g/mol. The molecule has 22 heavy (non-hydrogen) atoms. The van der Waals surface area contributed by atoms with Crippen LogP contribution in [0.25, 0.3) is 11.5 Å². The van der Waals surface area contributed by atoms with Crippen LogP contribution in [0.2, 0.25) is 0 Å². The van der Waals surface area contributed by atoms with Crippen LogP contribution in [-0.2, 0) is 6.54 Å². The molecular weight excluding hydrogens is 300 g/mol. The highest BCUT2D eigenvalue weighted by molar-refractivity contribution is 7.07. The Morgan fingerprint density at radius 2 is 2.27 bits per heavy atom. The second-order valence-electron chi connectivity index (χ2n) is 4.91. The van der Waals surface area contributed by atoms with Gasteiger partial charge in [-0.3, -0.25) is 4.79 Å². The number of hydrogen-bond donors (Lipinski definition) is 0. The van der Waals surface area contributed by atoms with Gasteiger partial charge in [0.25, 0.3) is 5.91 Å². The van der Waals surface area contributed by atoms with Crippen LogP contribution in [0.15, 0.2) is 50.2 Å². The van der Waals surface area contributed by atoms with Gasteiger partial charge >= 0.3 is 0 Å². The normalized spacial score (nSPS) is 10.8. The fourth-order valence-electron chi connectivity index (χ4n) is 2.20. The smallest absolute Gasteiger partial charge is 0.276 e. The van der Waals surface area contributed by atoms with Crippen molar-refractivity contribution >= 4 is 17.2 Å². The lowest BCUT2D eigenvalue weighted by Gasteiger charge is -2.20. The quantitative estimate of drug-likeness (QED) is 0.688. The van der Waals surface area contributed by atoms with Crippen LogP contribution in [0.1, 0.15) is 29.4 Å². The topological polar surface area (TPSA) is 59.5 Å². The molecule has 6 heteroatoms. The molecule has 3 rings (SSSR count). The molecule has 0 bridgehead atoms. The molecule has 3 heterocycles. The average Bonchev–Trinajstić information content (AvgIpc) is 3.26. The summed E-state index contributed by atoms with van der Waals surface area (Å²) in [4.78, 5) is 14.4. The number of rotatable bonds is 6. The summed E-state index contributed by atoms with van der Waals surface area (Å²) in [6.45, 7) is 3.31. The van der Waals surface area contributed by atoms with Crippen LogP contribution in [0.4, 0.5) is 0 Å². The zero-order chi connectivity index (χ0) is 15.4. The Morgan fingerprint density at radius 1 is 1.36 bits per heavy atom. The van der Waals surface area contributed by atoms with E-state index in [1.807, 2.05) is 23.8 Å². The standard InChI is InChI=1S/C16H16N2O3S/c1-2-6-18(10-12-5-8-22-11-12)16(19)13-9-15(21-17-13)14-4-3-7-20-14/h3-5,7-9,11H,2,6,10H2,1H3. The Labute approximate surface area is 132 Å². The first-order chi connectivity index (χ1) is 10.8. The van der Waals surface area contributed by atoms with Gasteiger partial charge in [0.05, 0.1) is 6.26 Å². The van der Waals surface area contributed by atoms with Crippen LogP contribution >= 0.6 is 11.3 Å². The summed E-state index contributed by atoms with van der Waals surface area (Å²) in [5.41, 5.74) is 1.43. The first-order valence-electron chi connectivity index (χ1n) is 7.09. The Balaban J connectivity index is 1.78. The number of hydrogen-bond acceptors (Lipinski definition) is 5. The fraction of sp³-hybridized carbons (Fsp3) is 0.250. The summed E-state index contributed by atoms with van der Waals surface area (Å²) in [5, 5.41) is 7.94. The Morgan fingerprint density at radius 3 is 2.95 bits per heavy atom. The molecule has 0 atom stereocenters. The Bertz CT molecular complexity index is 717. The van der Waals surface area contributed by atoms with Gasteiger partial charge in [0, 0.05) is 19.2 Å². The van der Waals surface area contributed by atoms with Crippen molar-refractivity contribution < 1.29 is 13.7 Å². The molecule has 0 spiro atoms. The van der Waals surface area contributed by atoms with E-state index >= 15 is 0 Å². The van der Waals surface area contributed by atoms with E-state index in [0.29, 0.717) is 30.3 Å². The van der Waals surface area contributed by atoms with E-state index in [1.54, 1.807) is 40.7 Å². The van der Waals surface area contributed by atoms with Crippen molar-refractivity contribution in [3.8, 4) is 11.5 Å². The highest BCUT2D eigenvalue weighted by atomic mass is 32.1. The number of carbonyl (C=O) groups excluding carboxylic acids is 1. The Kier molecular flexibility index (Phi) is 4.39. The van der Waals surface area contributed by atoms with Crippen LogP contribution < -0.4 is 0 Å². The average molecular weight is 316 g/mol.